The van der Waals surface area contributed by atoms with Crippen molar-refractivity contribution in [1.29, 1.82) is 0 Å². The summed E-state index contributed by atoms with van der Waals surface area (Å²) in [7, 11) is 0. The fraction of sp³-hybridized carbons (Fsp3) is 0.562. The Bertz CT molecular complexity index is 498. The largest absolute Gasteiger partial charge is 0.486 e. The molecule has 2 atom stereocenters. The Morgan fingerprint density at radius 1 is 1.43 bits per heavy atom. The number of para-hydroxylation sites is 1. The lowest BCUT2D eigenvalue weighted by Gasteiger charge is -2.27. The molecule has 5 nitrogen and oxygen atoms in total. The Labute approximate surface area is 142 Å². The van der Waals surface area contributed by atoms with Crippen LogP contribution < -0.4 is 15.8 Å². The van der Waals surface area contributed by atoms with Gasteiger partial charge in [-0.05, 0) is 37.8 Å². The van der Waals surface area contributed by atoms with Gasteiger partial charge in [-0.3, -0.25) is 4.79 Å². The molecule has 1 heterocycles. The molecule has 0 aromatic heterocycles. The lowest BCUT2D eigenvalue weighted by Crippen LogP contribution is -2.48. The Balaban J connectivity index is 0.00000264. The molecule has 130 valence electrons. The third-order valence-electron chi connectivity index (χ3n) is 3.81. The van der Waals surface area contributed by atoms with E-state index in [1.54, 1.807) is 25.1 Å². The average molecular weight is 347 g/mol. The number of nitrogens with one attached hydrogen (secondary N) is 1. The highest BCUT2D eigenvalue weighted by Crippen LogP contribution is 2.18. The van der Waals surface area contributed by atoms with Crippen LogP contribution in [-0.2, 0) is 9.53 Å². The van der Waals surface area contributed by atoms with Crippen LogP contribution in [0.2, 0.25) is 0 Å². The van der Waals surface area contributed by atoms with Gasteiger partial charge in [-0.25, -0.2) is 4.39 Å². The van der Waals surface area contributed by atoms with Crippen LogP contribution in [0.4, 0.5) is 4.39 Å². The van der Waals surface area contributed by atoms with Crippen molar-refractivity contribution in [3.05, 3.63) is 30.1 Å². The van der Waals surface area contributed by atoms with E-state index in [0.717, 1.165) is 12.8 Å². The number of hydrogen-bond acceptors (Lipinski definition) is 4. The van der Waals surface area contributed by atoms with Crippen molar-refractivity contribution < 1.29 is 18.7 Å². The summed E-state index contributed by atoms with van der Waals surface area (Å²) in [6.07, 6.45) is 1.26. The maximum absolute atomic E-state index is 13.5. The number of carbonyl (C=O) groups excluding carboxylic acids is 1. The van der Waals surface area contributed by atoms with E-state index >= 15 is 0 Å². The summed E-state index contributed by atoms with van der Waals surface area (Å²) in [5.74, 6) is -0.287. The Morgan fingerprint density at radius 3 is 2.74 bits per heavy atom. The zero-order valence-corrected chi connectivity index (χ0v) is 14.0. The standard InChI is InChI=1S/C16H23FN2O3.ClH/c1-11(22-14-5-3-2-4-13(14)17)10-19-16(20)15(18)12-6-8-21-9-7-12;/h2-5,11-12,15H,6-10,18H2,1H3,(H,19,20);1H. The van der Waals surface area contributed by atoms with Gasteiger partial charge in [-0.15, -0.1) is 12.4 Å². The molecule has 2 unspecified atom stereocenters. The van der Waals surface area contributed by atoms with Crippen LogP contribution >= 0.6 is 12.4 Å². The molecule has 23 heavy (non-hydrogen) atoms. The van der Waals surface area contributed by atoms with Crippen LogP contribution in [0.15, 0.2) is 24.3 Å². The second-order valence-electron chi connectivity index (χ2n) is 5.58. The third kappa shape index (κ3) is 5.97. The topological polar surface area (TPSA) is 73.6 Å². The van der Waals surface area contributed by atoms with Gasteiger partial charge < -0.3 is 20.5 Å². The zero-order valence-electron chi connectivity index (χ0n) is 13.2. The normalized spacial score (nSPS) is 17.7. The smallest absolute Gasteiger partial charge is 0.237 e. The van der Waals surface area contributed by atoms with Crippen molar-refractivity contribution >= 4 is 18.3 Å². The van der Waals surface area contributed by atoms with Gasteiger partial charge in [-0.1, -0.05) is 12.1 Å². The van der Waals surface area contributed by atoms with Gasteiger partial charge in [0.1, 0.15) is 6.10 Å². The molecule has 1 amide bonds. The number of halogens is 2. The van der Waals surface area contributed by atoms with E-state index in [0.29, 0.717) is 13.2 Å². The van der Waals surface area contributed by atoms with E-state index in [1.165, 1.54) is 6.07 Å². The molecule has 1 fully saturated rings. The first-order valence-electron chi connectivity index (χ1n) is 7.60. The van der Waals surface area contributed by atoms with Gasteiger partial charge >= 0.3 is 0 Å². The minimum absolute atomic E-state index is 0. The first kappa shape index (κ1) is 19.7. The molecule has 0 spiro atoms. The van der Waals surface area contributed by atoms with Crippen LogP contribution in [0, 0.1) is 11.7 Å². The van der Waals surface area contributed by atoms with E-state index in [2.05, 4.69) is 5.32 Å². The molecule has 1 saturated heterocycles. The third-order valence-corrected chi connectivity index (χ3v) is 3.81. The Hall–Kier alpha value is -1.37. The van der Waals surface area contributed by atoms with Crippen LogP contribution in [0.3, 0.4) is 0 Å². The molecule has 0 radical (unpaired) electrons. The van der Waals surface area contributed by atoms with Crippen molar-refractivity contribution in [2.75, 3.05) is 19.8 Å². The monoisotopic (exact) mass is 346 g/mol. The number of amides is 1. The fourth-order valence-electron chi connectivity index (χ4n) is 2.45. The van der Waals surface area contributed by atoms with Crippen molar-refractivity contribution in [1.82, 2.24) is 5.32 Å². The molecule has 0 aliphatic carbocycles. The SMILES string of the molecule is CC(CNC(=O)C(N)C1CCOCC1)Oc1ccccc1F.Cl. The number of hydrogen-bond donors (Lipinski definition) is 2. The van der Waals surface area contributed by atoms with Crippen LogP contribution in [0.5, 0.6) is 5.75 Å². The van der Waals surface area contributed by atoms with Crippen LogP contribution in [-0.4, -0.2) is 37.8 Å². The van der Waals surface area contributed by atoms with E-state index in [-0.39, 0.29) is 42.6 Å². The first-order chi connectivity index (χ1) is 10.6. The summed E-state index contributed by atoms with van der Waals surface area (Å²) in [6, 6.07) is 5.65. The Morgan fingerprint density at radius 2 is 2.09 bits per heavy atom. The van der Waals surface area contributed by atoms with Gasteiger partial charge in [-0.2, -0.15) is 0 Å². The first-order valence-corrected chi connectivity index (χ1v) is 7.60. The van der Waals surface area contributed by atoms with Crippen molar-refractivity contribution in [3.8, 4) is 5.75 Å². The van der Waals surface area contributed by atoms with Crippen molar-refractivity contribution in [2.24, 2.45) is 11.7 Å². The number of nitrogens with two attached hydrogens (primary N) is 1. The quantitative estimate of drug-likeness (QED) is 0.825. The molecule has 1 aliphatic heterocycles. The maximum atomic E-state index is 13.5. The number of rotatable bonds is 6. The van der Waals surface area contributed by atoms with Crippen molar-refractivity contribution in [2.45, 2.75) is 31.9 Å². The fourth-order valence-corrected chi connectivity index (χ4v) is 2.45. The maximum Gasteiger partial charge on any atom is 0.237 e. The van der Waals surface area contributed by atoms with Gasteiger partial charge in [0.25, 0.3) is 0 Å². The molecule has 7 heteroatoms. The zero-order chi connectivity index (χ0) is 15.9. The number of benzene rings is 1. The van der Waals surface area contributed by atoms with E-state index in [4.69, 9.17) is 15.2 Å². The predicted octanol–water partition coefficient (Wildman–Crippen LogP) is 1.88. The summed E-state index contributed by atoms with van der Waals surface area (Å²) in [4.78, 5) is 12.1. The lowest BCUT2D eigenvalue weighted by molar-refractivity contribution is -0.124. The second kappa shape index (κ2) is 9.70. The molecule has 0 saturated carbocycles. The minimum Gasteiger partial charge on any atom is -0.486 e. The van der Waals surface area contributed by atoms with E-state index < -0.39 is 11.9 Å². The highest BCUT2D eigenvalue weighted by molar-refractivity contribution is 5.85. The highest BCUT2D eigenvalue weighted by atomic mass is 35.5. The molecule has 2 rings (SSSR count). The molecular weight excluding hydrogens is 323 g/mol. The van der Waals surface area contributed by atoms with Gasteiger partial charge in [0.2, 0.25) is 5.91 Å². The second-order valence-corrected chi connectivity index (χ2v) is 5.58. The lowest BCUT2D eigenvalue weighted by atomic mass is 9.92. The number of ether oxygens (including phenoxy) is 2. The van der Waals surface area contributed by atoms with Gasteiger partial charge in [0.05, 0.1) is 12.6 Å². The highest BCUT2D eigenvalue weighted by Gasteiger charge is 2.26. The summed E-state index contributed by atoms with van der Waals surface area (Å²) in [5, 5.41) is 2.77. The minimum atomic E-state index is -0.537. The van der Waals surface area contributed by atoms with Gasteiger partial charge in [0.15, 0.2) is 11.6 Å². The van der Waals surface area contributed by atoms with Crippen molar-refractivity contribution in [3.63, 3.8) is 0 Å². The van der Waals surface area contributed by atoms with E-state index in [9.17, 15) is 9.18 Å². The van der Waals surface area contributed by atoms with Crippen LogP contribution in [0.1, 0.15) is 19.8 Å². The predicted molar refractivity (Wildman–Crippen MR) is 88.3 cm³/mol. The summed E-state index contributed by atoms with van der Waals surface area (Å²) in [5.41, 5.74) is 5.99. The molecule has 1 aromatic carbocycles. The Kier molecular flexibility index (Phi) is 8.30. The molecule has 3 N–H and O–H groups in total. The molecular formula is C16H24ClFN2O3. The summed E-state index contributed by atoms with van der Waals surface area (Å²) >= 11 is 0. The molecule has 1 aromatic rings. The average Bonchev–Trinajstić information content (AvgIpc) is 2.55. The summed E-state index contributed by atoms with van der Waals surface area (Å²) in [6.45, 7) is 3.35. The molecule has 0 bridgehead atoms. The molecule has 1 aliphatic rings. The summed E-state index contributed by atoms with van der Waals surface area (Å²) < 4.78 is 24.2. The van der Waals surface area contributed by atoms with Gasteiger partial charge in [0, 0.05) is 13.2 Å². The number of carbonyl (C=O) groups is 1. The van der Waals surface area contributed by atoms with Crippen LogP contribution in [0.25, 0.3) is 0 Å². The van der Waals surface area contributed by atoms with E-state index in [1.807, 2.05) is 0 Å².